The molecule has 0 amide bonds. The van der Waals surface area contributed by atoms with Gasteiger partial charge in [-0.15, -0.1) is 0 Å². The second kappa shape index (κ2) is 5.67. The van der Waals surface area contributed by atoms with Crippen LogP contribution in [0.25, 0.3) is 10.9 Å². The van der Waals surface area contributed by atoms with Crippen LogP contribution in [0.3, 0.4) is 0 Å². The summed E-state index contributed by atoms with van der Waals surface area (Å²) in [4.78, 5) is 7.17. The number of aliphatic hydroxyl groups excluding tert-OH is 1. The number of pyridine rings is 1. The Morgan fingerprint density at radius 1 is 1.23 bits per heavy atom. The van der Waals surface area contributed by atoms with E-state index in [0.29, 0.717) is 5.92 Å². The third-order valence-corrected chi connectivity index (χ3v) is 5.33. The molecule has 2 aromatic rings. The van der Waals surface area contributed by atoms with Gasteiger partial charge in [-0.2, -0.15) is 0 Å². The normalized spacial score (nSPS) is 20.8. The van der Waals surface area contributed by atoms with E-state index in [9.17, 15) is 5.11 Å². The molecule has 2 aliphatic rings. The van der Waals surface area contributed by atoms with Crippen molar-refractivity contribution in [3.05, 3.63) is 29.7 Å². The number of hydrogen-bond donors (Lipinski definition) is 1. The Kier molecular flexibility index (Phi) is 3.66. The quantitative estimate of drug-likeness (QED) is 0.944. The van der Waals surface area contributed by atoms with Gasteiger partial charge in [0.2, 0.25) is 0 Å². The first-order valence-corrected chi connectivity index (χ1v) is 8.52. The van der Waals surface area contributed by atoms with Gasteiger partial charge in [0.25, 0.3) is 0 Å². The number of likely N-dealkylation sites (tertiary alicyclic amines) is 1. The highest BCUT2D eigenvalue weighted by Gasteiger charge is 2.27. The number of aromatic nitrogens is 2. The van der Waals surface area contributed by atoms with Crippen LogP contribution in [-0.2, 0) is 13.2 Å². The summed E-state index contributed by atoms with van der Waals surface area (Å²) in [6.45, 7) is 3.47. The predicted octanol–water partition coefficient (Wildman–Crippen LogP) is 2.75. The van der Waals surface area contributed by atoms with Gasteiger partial charge >= 0.3 is 0 Å². The Morgan fingerprint density at radius 3 is 2.68 bits per heavy atom. The Morgan fingerprint density at radius 2 is 2.00 bits per heavy atom. The average Bonchev–Trinajstić information content (AvgIpc) is 3.28. The molecule has 1 saturated heterocycles. The lowest BCUT2D eigenvalue weighted by atomic mass is 9.92. The monoisotopic (exact) mass is 299 g/mol. The molecule has 0 aromatic carbocycles. The molecule has 1 saturated carbocycles. The minimum Gasteiger partial charge on any atom is -0.390 e. The molecular weight excluding hydrogens is 274 g/mol. The molecule has 1 aliphatic carbocycles. The molecular formula is C18H25N3O. The summed E-state index contributed by atoms with van der Waals surface area (Å²) in [6, 6.07) is 4.24. The largest absolute Gasteiger partial charge is 0.390 e. The van der Waals surface area contributed by atoms with Crippen molar-refractivity contribution in [2.75, 3.05) is 20.1 Å². The minimum atomic E-state index is 0.119. The third kappa shape index (κ3) is 2.55. The van der Waals surface area contributed by atoms with Crippen LogP contribution in [0.4, 0.5) is 0 Å². The first kappa shape index (κ1) is 14.2. The first-order valence-electron chi connectivity index (χ1n) is 8.52. The van der Waals surface area contributed by atoms with Crippen LogP contribution in [0.5, 0.6) is 0 Å². The summed E-state index contributed by atoms with van der Waals surface area (Å²) in [7, 11) is 2.20. The molecule has 1 aliphatic heterocycles. The summed E-state index contributed by atoms with van der Waals surface area (Å²) in [5, 5.41) is 11.0. The lowest BCUT2D eigenvalue weighted by molar-refractivity contribution is 0.253. The van der Waals surface area contributed by atoms with Gasteiger partial charge in [0.1, 0.15) is 0 Å². The van der Waals surface area contributed by atoms with E-state index in [1.54, 1.807) is 0 Å². The van der Waals surface area contributed by atoms with Gasteiger partial charge in [-0.1, -0.05) is 0 Å². The van der Waals surface area contributed by atoms with Crippen molar-refractivity contribution in [2.24, 2.45) is 5.92 Å². The van der Waals surface area contributed by atoms with Crippen molar-refractivity contribution in [3.63, 3.8) is 0 Å². The summed E-state index contributed by atoms with van der Waals surface area (Å²) in [5.74, 6) is 1.35. The Balaban J connectivity index is 1.78. The number of nitrogens with zero attached hydrogens (tertiary/aromatic N) is 3. The highest BCUT2D eigenvalue weighted by atomic mass is 16.3. The molecule has 0 unspecified atom stereocenters. The maximum absolute atomic E-state index is 9.74. The third-order valence-electron chi connectivity index (χ3n) is 5.33. The topological polar surface area (TPSA) is 41.3 Å². The van der Waals surface area contributed by atoms with E-state index < -0.39 is 0 Å². The first-order chi connectivity index (χ1) is 10.8. The van der Waals surface area contributed by atoms with E-state index in [1.807, 2.05) is 6.20 Å². The summed E-state index contributed by atoms with van der Waals surface area (Å²) in [5.41, 5.74) is 3.59. The van der Waals surface area contributed by atoms with E-state index in [2.05, 4.69) is 28.6 Å². The van der Waals surface area contributed by atoms with Crippen LogP contribution in [0.2, 0.25) is 0 Å². The highest BCUT2D eigenvalue weighted by Crippen LogP contribution is 2.36. The highest BCUT2D eigenvalue weighted by molar-refractivity contribution is 5.83. The van der Waals surface area contributed by atoms with Gasteiger partial charge in [-0.05, 0) is 63.9 Å². The Bertz CT molecular complexity index is 666. The number of fused-ring (bicyclic) bond motifs is 1. The molecule has 4 nitrogen and oxygen atoms in total. The van der Waals surface area contributed by atoms with E-state index in [-0.39, 0.29) is 6.61 Å². The van der Waals surface area contributed by atoms with Crippen LogP contribution >= 0.6 is 0 Å². The van der Waals surface area contributed by atoms with Crippen LogP contribution in [0.15, 0.2) is 18.3 Å². The predicted molar refractivity (Wildman–Crippen MR) is 87.9 cm³/mol. The van der Waals surface area contributed by atoms with Crippen LogP contribution in [0, 0.1) is 5.92 Å². The molecule has 4 rings (SSSR count). The van der Waals surface area contributed by atoms with Gasteiger partial charge in [0.15, 0.2) is 0 Å². The molecule has 22 heavy (non-hydrogen) atoms. The Labute approximate surface area is 131 Å². The van der Waals surface area contributed by atoms with Crippen molar-refractivity contribution >= 4 is 10.9 Å². The standard InChI is InChI=1S/C18H25N3O/c1-20-8-5-14(6-9-20)17-18-15(4-7-19-17)10-16(12-22)21(18)11-13-2-3-13/h4,7,10,13-14,22H,2-3,5-6,8-9,11-12H2,1H3. The molecule has 3 heterocycles. The van der Waals surface area contributed by atoms with E-state index >= 15 is 0 Å². The fourth-order valence-electron chi connectivity index (χ4n) is 3.78. The zero-order valence-corrected chi connectivity index (χ0v) is 13.3. The van der Waals surface area contributed by atoms with Crippen LogP contribution in [-0.4, -0.2) is 39.7 Å². The minimum absolute atomic E-state index is 0.119. The summed E-state index contributed by atoms with van der Waals surface area (Å²) in [6.07, 6.45) is 6.97. The zero-order chi connectivity index (χ0) is 15.1. The maximum atomic E-state index is 9.74. The summed E-state index contributed by atoms with van der Waals surface area (Å²) < 4.78 is 2.35. The lowest BCUT2D eigenvalue weighted by Crippen LogP contribution is -2.29. The summed E-state index contributed by atoms with van der Waals surface area (Å²) >= 11 is 0. The molecule has 0 bridgehead atoms. The van der Waals surface area contributed by atoms with Gasteiger partial charge in [-0.3, -0.25) is 4.98 Å². The number of hydrogen-bond acceptors (Lipinski definition) is 3. The van der Waals surface area contributed by atoms with Crippen molar-refractivity contribution in [1.82, 2.24) is 14.5 Å². The average molecular weight is 299 g/mol. The van der Waals surface area contributed by atoms with Gasteiger partial charge in [0.05, 0.1) is 17.8 Å². The molecule has 118 valence electrons. The number of piperidine rings is 1. The molecule has 2 fully saturated rings. The fraction of sp³-hybridized carbons (Fsp3) is 0.611. The van der Waals surface area contributed by atoms with Crippen molar-refractivity contribution in [3.8, 4) is 0 Å². The van der Waals surface area contributed by atoms with Gasteiger partial charge in [-0.25, -0.2) is 0 Å². The van der Waals surface area contributed by atoms with Crippen LogP contribution < -0.4 is 0 Å². The van der Waals surface area contributed by atoms with Crippen LogP contribution in [0.1, 0.15) is 43.0 Å². The second-order valence-corrected chi connectivity index (χ2v) is 7.06. The SMILES string of the molecule is CN1CCC(c2nccc3cc(CO)n(CC4CC4)c23)CC1. The molecule has 4 heteroatoms. The van der Waals surface area contributed by atoms with Crippen molar-refractivity contribution in [1.29, 1.82) is 0 Å². The van der Waals surface area contributed by atoms with Crippen molar-refractivity contribution < 1.29 is 5.11 Å². The molecule has 0 radical (unpaired) electrons. The molecule has 1 N–H and O–H groups in total. The van der Waals surface area contributed by atoms with Crippen molar-refractivity contribution in [2.45, 2.75) is 44.8 Å². The molecule has 0 spiro atoms. The van der Waals surface area contributed by atoms with E-state index in [0.717, 1.165) is 31.2 Å². The fourth-order valence-corrected chi connectivity index (χ4v) is 3.78. The lowest BCUT2D eigenvalue weighted by Gasteiger charge is -2.29. The van der Waals surface area contributed by atoms with Gasteiger partial charge < -0.3 is 14.6 Å². The van der Waals surface area contributed by atoms with E-state index in [4.69, 9.17) is 4.98 Å². The van der Waals surface area contributed by atoms with E-state index in [1.165, 1.54) is 42.3 Å². The molecule has 2 aromatic heterocycles. The maximum Gasteiger partial charge on any atom is 0.0833 e. The smallest absolute Gasteiger partial charge is 0.0833 e. The number of rotatable bonds is 4. The molecule has 0 atom stereocenters. The second-order valence-electron chi connectivity index (χ2n) is 7.06. The van der Waals surface area contributed by atoms with Gasteiger partial charge in [0, 0.05) is 29.7 Å². The number of aliphatic hydroxyl groups is 1. The Hall–Kier alpha value is -1.39. The zero-order valence-electron chi connectivity index (χ0n) is 13.3.